The van der Waals surface area contributed by atoms with Crippen molar-refractivity contribution in [2.24, 2.45) is 5.73 Å². The Morgan fingerprint density at radius 2 is 1.81 bits per heavy atom. The smallest absolute Gasteiger partial charge is 0.416 e. The van der Waals surface area contributed by atoms with E-state index in [0.717, 1.165) is 24.3 Å². The molecule has 8 heteroatoms. The van der Waals surface area contributed by atoms with E-state index in [1.807, 2.05) is 0 Å². The average Bonchev–Trinajstić information content (AvgIpc) is 2.81. The summed E-state index contributed by atoms with van der Waals surface area (Å²) in [6, 6.07) is 3.78. The van der Waals surface area contributed by atoms with Crippen LogP contribution in [-0.2, 0) is 11.0 Å². The summed E-state index contributed by atoms with van der Waals surface area (Å²) < 4.78 is 37.3. The highest BCUT2D eigenvalue weighted by molar-refractivity contribution is 5.95. The minimum atomic E-state index is -4.47. The van der Waals surface area contributed by atoms with Crippen LogP contribution in [0.5, 0.6) is 0 Å². The molecule has 1 saturated heterocycles. The molecule has 114 valence electrons. The van der Waals surface area contributed by atoms with Gasteiger partial charge in [-0.3, -0.25) is 9.59 Å². The van der Waals surface area contributed by atoms with Gasteiger partial charge in [-0.05, 0) is 30.7 Å². The number of hydrogen-bond acceptors (Lipinski definition) is 3. The van der Waals surface area contributed by atoms with E-state index in [0.29, 0.717) is 0 Å². The summed E-state index contributed by atoms with van der Waals surface area (Å²) >= 11 is 0. The number of benzene rings is 1. The fourth-order valence-corrected chi connectivity index (χ4v) is 2.17. The number of nitrogens with two attached hydrogens (primary N) is 1. The molecule has 0 radical (unpaired) electrons. The number of carboxylic acid groups (broad SMARTS) is 1. The van der Waals surface area contributed by atoms with Crippen LogP contribution in [-0.4, -0.2) is 40.5 Å². The van der Waals surface area contributed by atoms with Gasteiger partial charge in [0.1, 0.15) is 5.54 Å². The minimum Gasteiger partial charge on any atom is -0.480 e. The first-order valence-corrected chi connectivity index (χ1v) is 6.12. The van der Waals surface area contributed by atoms with E-state index in [1.54, 1.807) is 0 Å². The summed E-state index contributed by atoms with van der Waals surface area (Å²) in [5.41, 5.74) is 3.37. The van der Waals surface area contributed by atoms with Gasteiger partial charge in [-0.25, -0.2) is 0 Å². The minimum absolute atomic E-state index is 0.0673. The average molecular weight is 302 g/mol. The van der Waals surface area contributed by atoms with Crippen LogP contribution in [0.2, 0.25) is 0 Å². The molecular weight excluding hydrogens is 289 g/mol. The lowest BCUT2D eigenvalue weighted by Crippen LogP contribution is -2.50. The molecule has 3 N–H and O–H groups in total. The highest BCUT2D eigenvalue weighted by atomic mass is 19.4. The van der Waals surface area contributed by atoms with Crippen molar-refractivity contribution in [3.05, 3.63) is 35.4 Å². The number of hydrogen-bond donors (Lipinski definition) is 2. The number of amides is 1. The molecule has 1 fully saturated rings. The van der Waals surface area contributed by atoms with Crippen LogP contribution in [0.25, 0.3) is 0 Å². The Bertz CT molecular complexity index is 571. The Morgan fingerprint density at radius 1 is 1.24 bits per heavy atom. The fourth-order valence-electron chi connectivity index (χ4n) is 2.17. The van der Waals surface area contributed by atoms with Crippen molar-refractivity contribution in [3.8, 4) is 0 Å². The van der Waals surface area contributed by atoms with Crippen LogP contribution in [0.3, 0.4) is 0 Å². The van der Waals surface area contributed by atoms with E-state index >= 15 is 0 Å². The van der Waals surface area contributed by atoms with Crippen molar-refractivity contribution in [3.63, 3.8) is 0 Å². The Labute approximate surface area is 118 Å². The third kappa shape index (κ3) is 2.99. The summed E-state index contributed by atoms with van der Waals surface area (Å²) in [4.78, 5) is 24.3. The molecule has 1 atom stereocenters. The van der Waals surface area contributed by atoms with Gasteiger partial charge in [-0.15, -0.1) is 0 Å². The summed E-state index contributed by atoms with van der Waals surface area (Å²) in [5, 5.41) is 8.98. The number of aliphatic carboxylic acids is 1. The number of carbonyl (C=O) groups is 2. The molecule has 1 aliphatic heterocycles. The number of carbonyl (C=O) groups excluding carboxylic acids is 1. The molecule has 1 unspecified atom stereocenters. The highest BCUT2D eigenvalue weighted by Crippen LogP contribution is 2.29. The predicted octanol–water partition coefficient (Wildman–Crippen LogP) is 1.33. The monoisotopic (exact) mass is 302 g/mol. The molecule has 1 amide bonds. The summed E-state index contributed by atoms with van der Waals surface area (Å²) in [7, 11) is 0. The van der Waals surface area contributed by atoms with E-state index < -0.39 is 29.2 Å². The number of halogens is 3. The normalized spacial score (nSPS) is 22.4. The van der Waals surface area contributed by atoms with E-state index in [2.05, 4.69) is 0 Å². The van der Waals surface area contributed by atoms with Gasteiger partial charge in [0.05, 0.1) is 5.56 Å². The maximum absolute atomic E-state index is 12.4. The van der Waals surface area contributed by atoms with Crippen LogP contribution in [0.1, 0.15) is 22.3 Å². The maximum Gasteiger partial charge on any atom is 0.416 e. The van der Waals surface area contributed by atoms with Crippen molar-refractivity contribution in [2.75, 3.05) is 13.1 Å². The van der Waals surface area contributed by atoms with Crippen LogP contribution in [0, 0.1) is 0 Å². The zero-order valence-corrected chi connectivity index (χ0v) is 10.9. The van der Waals surface area contributed by atoms with Crippen LogP contribution < -0.4 is 5.73 Å². The first-order valence-electron chi connectivity index (χ1n) is 6.12. The second-order valence-corrected chi connectivity index (χ2v) is 5.01. The van der Waals surface area contributed by atoms with Crippen molar-refractivity contribution in [2.45, 2.75) is 18.1 Å². The molecule has 2 rings (SSSR count). The third-order valence-electron chi connectivity index (χ3n) is 3.47. The third-order valence-corrected chi connectivity index (χ3v) is 3.47. The number of rotatable bonds is 2. The van der Waals surface area contributed by atoms with Crippen LogP contribution in [0.15, 0.2) is 24.3 Å². The van der Waals surface area contributed by atoms with Crippen molar-refractivity contribution in [1.29, 1.82) is 0 Å². The van der Waals surface area contributed by atoms with Gasteiger partial charge in [0, 0.05) is 18.7 Å². The summed E-state index contributed by atoms with van der Waals surface area (Å²) in [5.74, 6) is -1.73. The molecule has 0 saturated carbocycles. The van der Waals surface area contributed by atoms with Crippen molar-refractivity contribution < 1.29 is 27.9 Å². The van der Waals surface area contributed by atoms with Gasteiger partial charge in [-0.1, -0.05) is 0 Å². The quantitative estimate of drug-likeness (QED) is 0.863. The zero-order chi connectivity index (χ0) is 15.8. The topological polar surface area (TPSA) is 83.6 Å². The second-order valence-electron chi connectivity index (χ2n) is 5.01. The lowest BCUT2D eigenvalue weighted by atomic mass is 10.0. The first-order chi connectivity index (χ1) is 9.63. The molecule has 1 aliphatic rings. The zero-order valence-electron chi connectivity index (χ0n) is 10.9. The Morgan fingerprint density at radius 3 is 2.24 bits per heavy atom. The maximum atomic E-state index is 12.4. The first kappa shape index (κ1) is 15.3. The lowest BCUT2D eigenvalue weighted by molar-refractivity contribution is -0.142. The van der Waals surface area contributed by atoms with Gasteiger partial charge in [0.2, 0.25) is 0 Å². The molecule has 1 heterocycles. The Kier molecular flexibility index (Phi) is 3.66. The summed E-state index contributed by atoms with van der Waals surface area (Å²) in [6.45, 7) is -0.00908. The molecule has 1 aromatic rings. The number of alkyl halides is 3. The standard InChI is InChI=1S/C13H13F3N2O3/c14-13(15,16)9-3-1-8(2-4-9)10(19)18-6-5-12(17,7-18)11(20)21/h1-4H,5-7,17H2,(H,20,21). The molecule has 0 aromatic heterocycles. The molecule has 0 bridgehead atoms. The largest absolute Gasteiger partial charge is 0.480 e. The molecule has 1 aromatic carbocycles. The lowest BCUT2D eigenvalue weighted by Gasteiger charge is -2.20. The SMILES string of the molecule is NC1(C(=O)O)CCN(C(=O)c2ccc(C(F)(F)F)cc2)C1. The van der Waals surface area contributed by atoms with Gasteiger partial charge in [-0.2, -0.15) is 13.2 Å². The van der Waals surface area contributed by atoms with E-state index in [-0.39, 0.29) is 25.1 Å². The molecular formula is C13H13F3N2O3. The molecule has 0 aliphatic carbocycles. The molecule has 0 spiro atoms. The van der Waals surface area contributed by atoms with E-state index in [1.165, 1.54) is 4.90 Å². The Hall–Kier alpha value is -2.09. The van der Waals surface area contributed by atoms with Gasteiger partial charge in [0.15, 0.2) is 0 Å². The van der Waals surface area contributed by atoms with Crippen molar-refractivity contribution in [1.82, 2.24) is 4.90 Å². The summed E-state index contributed by atoms with van der Waals surface area (Å²) in [6.07, 6.45) is -4.36. The van der Waals surface area contributed by atoms with E-state index in [9.17, 15) is 22.8 Å². The Balaban J connectivity index is 2.13. The van der Waals surface area contributed by atoms with E-state index in [4.69, 9.17) is 10.8 Å². The van der Waals surface area contributed by atoms with Gasteiger partial charge >= 0.3 is 12.1 Å². The fraction of sp³-hybridized carbons (Fsp3) is 0.385. The van der Waals surface area contributed by atoms with Crippen LogP contribution >= 0.6 is 0 Å². The number of nitrogens with zero attached hydrogens (tertiary/aromatic N) is 1. The number of likely N-dealkylation sites (tertiary alicyclic amines) is 1. The van der Waals surface area contributed by atoms with Gasteiger partial charge in [0.25, 0.3) is 5.91 Å². The van der Waals surface area contributed by atoms with Crippen LogP contribution in [0.4, 0.5) is 13.2 Å². The highest BCUT2D eigenvalue weighted by Gasteiger charge is 2.43. The predicted molar refractivity (Wildman–Crippen MR) is 66.5 cm³/mol. The molecule has 5 nitrogen and oxygen atoms in total. The van der Waals surface area contributed by atoms with Gasteiger partial charge < -0.3 is 15.7 Å². The number of carboxylic acids is 1. The molecule has 21 heavy (non-hydrogen) atoms. The van der Waals surface area contributed by atoms with Crippen molar-refractivity contribution >= 4 is 11.9 Å². The second kappa shape index (κ2) is 5.03.